The second kappa shape index (κ2) is 9.57. The Balaban J connectivity index is 1.77. The highest BCUT2D eigenvalue weighted by Gasteiger charge is 2.17. The fraction of sp³-hybridized carbons (Fsp3) is 0.350. The van der Waals surface area contributed by atoms with E-state index in [1.807, 2.05) is 56.3 Å². The summed E-state index contributed by atoms with van der Waals surface area (Å²) in [5, 5.41) is 2.85. The fourth-order valence-corrected chi connectivity index (χ4v) is 2.32. The number of benzene rings is 2. The van der Waals surface area contributed by atoms with Gasteiger partial charge in [-0.25, -0.2) is 0 Å². The van der Waals surface area contributed by atoms with Crippen LogP contribution in [-0.4, -0.2) is 32.3 Å². The molecular formula is C20H25NO4. The fourth-order valence-electron chi connectivity index (χ4n) is 2.32. The maximum absolute atomic E-state index is 12.3. The summed E-state index contributed by atoms with van der Waals surface area (Å²) in [6.45, 7) is 4.69. The lowest BCUT2D eigenvalue weighted by Gasteiger charge is -2.17. The first-order chi connectivity index (χ1) is 12.1. The van der Waals surface area contributed by atoms with E-state index in [9.17, 15) is 4.79 Å². The number of amides is 1. The summed E-state index contributed by atoms with van der Waals surface area (Å²) in [6.07, 6.45) is 0.0786. The van der Waals surface area contributed by atoms with Crippen molar-refractivity contribution >= 4 is 5.91 Å². The van der Waals surface area contributed by atoms with Crippen LogP contribution >= 0.6 is 0 Å². The molecule has 2 rings (SSSR count). The van der Waals surface area contributed by atoms with Gasteiger partial charge in [0.15, 0.2) is 6.10 Å². The SMILES string of the molecule is CC[C@H](Oc1cccc(C)c1)C(=O)NCCOc1cccc(OC)c1. The van der Waals surface area contributed by atoms with E-state index in [-0.39, 0.29) is 5.91 Å². The summed E-state index contributed by atoms with van der Waals surface area (Å²) < 4.78 is 16.5. The zero-order valence-corrected chi connectivity index (χ0v) is 15.0. The third-order valence-electron chi connectivity index (χ3n) is 3.64. The molecule has 0 saturated carbocycles. The van der Waals surface area contributed by atoms with Gasteiger partial charge in [-0.3, -0.25) is 4.79 Å². The molecule has 25 heavy (non-hydrogen) atoms. The molecule has 0 fully saturated rings. The summed E-state index contributed by atoms with van der Waals surface area (Å²) in [6, 6.07) is 15.0. The average molecular weight is 343 g/mol. The number of carbonyl (C=O) groups is 1. The standard InChI is InChI=1S/C20H25NO4/c1-4-19(25-18-10-5-7-15(2)13-18)20(22)21-11-12-24-17-9-6-8-16(14-17)23-3/h5-10,13-14,19H,4,11-12H2,1-3H3,(H,21,22)/t19-/m0/s1. The van der Waals surface area contributed by atoms with Crippen LogP contribution in [0.5, 0.6) is 17.2 Å². The van der Waals surface area contributed by atoms with Crippen LogP contribution in [0, 0.1) is 6.92 Å². The van der Waals surface area contributed by atoms with Gasteiger partial charge < -0.3 is 19.5 Å². The van der Waals surface area contributed by atoms with Crippen LogP contribution in [0.4, 0.5) is 0 Å². The van der Waals surface area contributed by atoms with Gasteiger partial charge in [0.2, 0.25) is 0 Å². The summed E-state index contributed by atoms with van der Waals surface area (Å²) in [5.74, 6) is 2.00. The lowest BCUT2D eigenvalue weighted by Crippen LogP contribution is -2.39. The van der Waals surface area contributed by atoms with Crippen LogP contribution < -0.4 is 19.5 Å². The summed E-state index contributed by atoms with van der Waals surface area (Å²) in [4.78, 5) is 12.3. The summed E-state index contributed by atoms with van der Waals surface area (Å²) >= 11 is 0. The third-order valence-corrected chi connectivity index (χ3v) is 3.64. The number of ether oxygens (including phenoxy) is 3. The van der Waals surface area contributed by atoms with Gasteiger partial charge in [0.05, 0.1) is 13.7 Å². The van der Waals surface area contributed by atoms with Gasteiger partial charge in [-0.05, 0) is 43.2 Å². The molecule has 0 unspecified atom stereocenters. The molecule has 0 heterocycles. The van der Waals surface area contributed by atoms with Gasteiger partial charge >= 0.3 is 0 Å². The highest BCUT2D eigenvalue weighted by Crippen LogP contribution is 2.18. The van der Waals surface area contributed by atoms with Gasteiger partial charge in [0, 0.05) is 6.07 Å². The molecule has 0 radical (unpaired) electrons. The smallest absolute Gasteiger partial charge is 0.261 e. The monoisotopic (exact) mass is 343 g/mol. The van der Waals surface area contributed by atoms with Crippen molar-refractivity contribution in [1.82, 2.24) is 5.32 Å². The predicted octanol–water partition coefficient (Wildman–Crippen LogP) is 3.36. The first-order valence-corrected chi connectivity index (χ1v) is 8.40. The van der Waals surface area contributed by atoms with Crippen LogP contribution in [0.2, 0.25) is 0 Å². The molecule has 0 spiro atoms. The number of aryl methyl sites for hydroxylation is 1. The first kappa shape index (κ1) is 18.6. The maximum Gasteiger partial charge on any atom is 0.261 e. The Kier molecular flexibility index (Phi) is 7.14. The number of hydrogen-bond donors (Lipinski definition) is 1. The molecule has 1 N–H and O–H groups in total. The Morgan fingerprint density at radius 1 is 1.08 bits per heavy atom. The largest absolute Gasteiger partial charge is 0.497 e. The average Bonchev–Trinajstić information content (AvgIpc) is 2.63. The van der Waals surface area contributed by atoms with Crippen molar-refractivity contribution in [3.8, 4) is 17.2 Å². The third kappa shape index (κ3) is 6.03. The van der Waals surface area contributed by atoms with E-state index >= 15 is 0 Å². The Morgan fingerprint density at radius 2 is 1.80 bits per heavy atom. The highest BCUT2D eigenvalue weighted by atomic mass is 16.5. The molecule has 0 aliphatic rings. The molecule has 2 aromatic carbocycles. The topological polar surface area (TPSA) is 56.8 Å². The van der Waals surface area contributed by atoms with Crippen molar-refractivity contribution in [3.05, 3.63) is 54.1 Å². The lowest BCUT2D eigenvalue weighted by molar-refractivity contribution is -0.128. The normalized spacial score (nSPS) is 11.5. The molecule has 0 aromatic heterocycles. The van der Waals surface area contributed by atoms with Crippen LogP contribution in [0.3, 0.4) is 0 Å². The van der Waals surface area contributed by atoms with Gasteiger partial charge in [0.25, 0.3) is 5.91 Å². The molecule has 1 amide bonds. The van der Waals surface area contributed by atoms with E-state index < -0.39 is 6.10 Å². The second-order valence-corrected chi connectivity index (χ2v) is 5.65. The zero-order valence-electron chi connectivity index (χ0n) is 15.0. The summed E-state index contributed by atoms with van der Waals surface area (Å²) in [5.41, 5.74) is 1.10. The number of methoxy groups -OCH3 is 1. The summed E-state index contributed by atoms with van der Waals surface area (Å²) in [7, 11) is 1.61. The Morgan fingerprint density at radius 3 is 2.52 bits per heavy atom. The molecule has 0 aliphatic heterocycles. The van der Waals surface area contributed by atoms with E-state index in [4.69, 9.17) is 14.2 Å². The minimum absolute atomic E-state index is 0.141. The van der Waals surface area contributed by atoms with Crippen LogP contribution in [0.25, 0.3) is 0 Å². The minimum Gasteiger partial charge on any atom is -0.497 e. The van der Waals surface area contributed by atoms with Crippen molar-refractivity contribution in [3.63, 3.8) is 0 Å². The van der Waals surface area contributed by atoms with Crippen molar-refractivity contribution < 1.29 is 19.0 Å². The molecule has 2 aromatic rings. The van der Waals surface area contributed by atoms with Crippen LogP contribution in [0.15, 0.2) is 48.5 Å². The number of nitrogens with one attached hydrogen (secondary N) is 1. The minimum atomic E-state index is -0.515. The second-order valence-electron chi connectivity index (χ2n) is 5.65. The van der Waals surface area contributed by atoms with E-state index in [1.54, 1.807) is 13.2 Å². The molecule has 0 saturated heterocycles. The number of hydrogen-bond acceptors (Lipinski definition) is 4. The number of carbonyl (C=O) groups excluding carboxylic acids is 1. The van der Waals surface area contributed by atoms with Crippen LogP contribution in [-0.2, 0) is 4.79 Å². The Hall–Kier alpha value is -2.69. The van der Waals surface area contributed by atoms with E-state index in [1.165, 1.54) is 0 Å². The van der Waals surface area contributed by atoms with Gasteiger partial charge in [0.1, 0.15) is 23.9 Å². The quantitative estimate of drug-likeness (QED) is 0.710. The number of rotatable bonds is 9. The maximum atomic E-state index is 12.3. The molecule has 0 aliphatic carbocycles. The molecule has 0 bridgehead atoms. The van der Waals surface area contributed by atoms with Crippen molar-refractivity contribution in [2.24, 2.45) is 0 Å². The van der Waals surface area contributed by atoms with Crippen molar-refractivity contribution in [2.75, 3.05) is 20.3 Å². The van der Waals surface area contributed by atoms with E-state index in [0.717, 1.165) is 11.3 Å². The van der Waals surface area contributed by atoms with E-state index in [0.29, 0.717) is 31.1 Å². The van der Waals surface area contributed by atoms with E-state index in [2.05, 4.69) is 5.32 Å². The van der Waals surface area contributed by atoms with Gasteiger partial charge in [-0.15, -0.1) is 0 Å². The molecule has 5 nitrogen and oxygen atoms in total. The Labute approximate surface area is 148 Å². The van der Waals surface area contributed by atoms with Gasteiger partial charge in [-0.1, -0.05) is 25.1 Å². The van der Waals surface area contributed by atoms with Crippen LogP contribution in [0.1, 0.15) is 18.9 Å². The zero-order chi connectivity index (χ0) is 18.1. The molecular weight excluding hydrogens is 318 g/mol. The highest BCUT2D eigenvalue weighted by molar-refractivity contribution is 5.81. The van der Waals surface area contributed by atoms with Gasteiger partial charge in [-0.2, -0.15) is 0 Å². The lowest BCUT2D eigenvalue weighted by atomic mass is 10.2. The molecule has 1 atom stereocenters. The molecule has 5 heteroatoms. The predicted molar refractivity (Wildman–Crippen MR) is 97.4 cm³/mol. The molecule has 134 valence electrons. The van der Waals surface area contributed by atoms with Crippen molar-refractivity contribution in [2.45, 2.75) is 26.4 Å². The Bertz CT molecular complexity index is 687. The first-order valence-electron chi connectivity index (χ1n) is 8.40. The van der Waals surface area contributed by atoms with Crippen molar-refractivity contribution in [1.29, 1.82) is 0 Å².